The lowest BCUT2D eigenvalue weighted by molar-refractivity contribution is -0.0266. The number of methoxy groups -OCH3 is 1. The molecule has 31 heavy (non-hydrogen) atoms. The van der Waals surface area contributed by atoms with Gasteiger partial charge in [-0.3, -0.25) is 4.68 Å². The molecule has 2 aromatic heterocycles. The van der Waals surface area contributed by atoms with Gasteiger partial charge >= 0.3 is 6.09 Å². The average Bonchev–Trinajstić information content (AvgIpc) is 3.32. The Morgan fingerprint density at radius 3 is 2.84 bits per heavy atom. The average molecular weight is 434 g/mol. The summed E-state index contributed by atoms with van der Waals surface area (Å²) >= 11 is 0. The summed E-state index contributed by atoms with van der Waals surface area (Å²) in [6.45, 7) is 0.0339. The van der Waals surface area contributed by atoms with Crippen molar-refractivity contribution in [3.63, 3.8) is 0 Å². The Balaban J connectivity index is 1.40. The first-order chi connectivity index (χ1) is 14.9. The van der Waals surface area contributed by atoms with Crippen LogP contribution >= 0.6 is 0 Å². The van der Waals surface area contributed by atoms with Gasteiger partial charge in [0.15, 0.2) is 0 Å². The van der Waals surface area contributed by atoms with E-state index in [1.807, 2.05) is 22.9 Å². The summed E-state index contributed by atoms with van der Waals surface area (Å²) in [5, 5.41) is 9.28. The summed E-state index contributed by atoms with van der Waals surface area (Å²) in [5.74, 6) is -2.89. The lowest BCUT2D eigenvalue weighted by atomic mass is 10.1. The lowest BCUT2D eigenvalue weighted by Crippen LogP contribution is -2.42. The van der Waals surface area contributed by atoms with Crippen LogP contribution in [0.4, 0.5) is 19.5 Å². The number of hydrogen-bond donors (Lipinski definition) is 0. The van der Waals surface area contributed by atoms with Crippen LogP contribution < -0.4 is 4.90 Å². The SMILES string of the molecule is COC(=O)N1CCN(c2noc(-c3ccc4cnn(C5COC5)c4c3)n2)CC(F)(F)C1. The summed E-state index contributed by atoms with van der Waals surface area (Å²) < 4.78 is 45.8. The molecule has 10 nitrogen and oxygen atoms in total. The second-order valence-corrected chi connectivity index (χ2v) is 7.62. The van der Waals surface area contributed by atoms with Gasteiger partial charge in [-0.2, -0.15) is 10.1 Å². The quantitative estimate of drug-likeness (QED) is 0.619. The number of carbonyl (C=O) groups excluding carboxylic acids is 1. The van der Waals surface area contributed by atoms with Crippen LogP contribution in [-0.2, 0) is 9.47 Å². The van der Waals surface area contributed by atoms with Gasteiger partial charge in [-0.05, 0) is 17.3 Å². The highest BCUT2D eigenvalue weighted by Crippen LogP contribution is 2.29. The highest BCUT2D eigenvalue weighted by molar-refractivity contribution is 5.83. The minimum absolute atomic E-state index is 0.0439. The van der Waals surface area contributed by atoms with Crippen molar-refractivity contribution in [2.45, 2.75) is 12.0 Å². The zero-order valence-corrected chi connectivity index (χ0v) is 16.7. The number of ether oxygens (including phenoxy) is 2. The summed E-state index contributed by atoms with van der Waals surface area (Å²) in [5.41, 5.74) is 1.56. The van der Waals surface area contributed by atoms with Gasteiger partial charge in [0.05, 0.1) is 51.2 Å². The minimum Gasteiger partial charge on any atom is -0.453 e. The number of anilines is 1. The fraction of sp³-hybridized carbons (Fsp3) is 0.474. The third-order valence-corrected chi connectivity index (χ3v) is 5.43. The van der Waals surface area contributed by atoms with Crippen LogP contribution in [0.5, 0.6) is 0 Å². The fourth-order valence-electron chi connectivity index (χ4n) is 3.75. The maximum absolute atomic E-state index is 14.4. The van der Waals surface area contributed by atoms with E-state index in [9.17, 15) is 13.6 Å². The molecule has 0 N–H and O–H groups in total. The molecule has 2 aliphatic heterocycles. The fourth-order valence-corrected chi connectivity index (χ4v) is 3.75. The number of aromatic nitrogens is 4. The Kier molecular flexibility index (Phi) is 4.73. The van der Waals surface area contributed by atoms with Crippen molar-refractivity contribution in [2.75, 3.05) is 51.4 Å². The van der Waals surface area contributed by atoms with E-state index in [-0.39, 0.29) is 31.0 Å². The molecule has 4 heterocycles. The first-order valence-electron chi connectivity index (χ1n) is 9.78. The maximum Gasteiger partial charge on any atom is 0.409 e. The van der Waals surface area contributed by atoms with Gasteiger partial charge < -0.3 is 23.8 Å². The molecule has 2 fully saturated rings. The Labute approximate surface area is 175 Å². The number of alkyl halides is 2. The third kappa shape index (κ3) is 3.67. The molecule has 0 spiro atoms. The number of hydrogen-bond acceptors (Lipinski definition) is 8. The summed E-state index contributed by atoms with van der Waals surface area (Å²) in [4.78, 5) is 18.3. The third-order valence-electron chi connectivity index (χ3n) is 5.43. The van der Waals surface area contributed by atoms with E-state index in [1.165, 1.54) is 4.90 Å². The van der Waals surface area contributed by atoms with E-state index in [1.54, 1.807) is 6.20 Å². The van der Waals surface area contributed by atoms with Crippen molar-refractivity contribution in [1.29, 1.82) is 0 Å². The molecule has 0 aliphatic carbocycles. The number of rotatable bonds is 3. The van der Waals surface area contributed by atoms with Crippen molar-refractivity contribution in [1.82, 2.24) is 24.8 Å². The van der Waals surface area contributed by atoms with Crippen molar-refractivity contribution < 1.29 is 27.6 Å². The number of amides is 1. The van der Waals surface area contributed by atoms with Crippen LogP contribution in [0.25, 0.3) is 22.4 Å². The molecule has 164 valence electrons. The molecule has 3 aromatic rings. The molecule has 12 heteroatoms. The number of benzene rings is 1. The van der Waals surface area contributed by atoms with E-state index in [0.717, 1.165) is 22.9 Å². The number of nitrogens with zero attached hydrogens (tertiary/aromatic N) is 6. The van der Waals surface area contributed by atoms with E-state index < -0.39 is 25.1 Å². The van der Waals surface area contributed by atoms with Crippen LogP contribution in [0.2, 0.25) is 0 Å². The second kappa shape index (κ2) is 7.45. The van der Waals surface area contributed by atoms with Gasteiger partial charge in [-0.1, -0.05) is 6.07 Å². The molecule has 0 unspecified atom stereocenters. The van der Waals surface area contributed by atoms with Crippen LogP contribution in [0.15, 0.2) is 28.9 Å². The topological polar surface area (TPSA) is 98.8 Å². The lowest BCUT2D eigenvalue weighted by Gasteiger charge is -2.26. The van der Waals surface area contributed by atoms with Crippen molar-refractivity contribution >= 4 is 22.9 Å². The van der Waals surface area contributed by atoms with Gasteiger partial charge in [0.25, 0.3) is 17.8 Å². The summed E-state index contributed by atoms with van der Waals surface area (Å²) in [7, 11) is 1.16. The monoisotopic (exact) mass is 434 g/mol. The predicted octanol–water partition coefficient (Wildman–Crippen LogP) is 2.18. The molecule has 2 saturated heterocycles. The normalized spacial score (nSPS) is 19.3. The zero-order valence-electron chi connectivity index (χ0n) is 16.7. The predicted molar refractivity (Wildman–Crippen MR) is 104 cm³/mol. The van der Waals surface area contributed by atoms with Gasteiger partial charge in [0, 0.05) is 24.0 Å². The van der Waals surface area contributed by atoms with Crippen LogP contribution in [-0.4, -0.2) is 83.3 Å². The first-order valence-corrected chi connectivity index (χ1v) is 9.78. The van der Waals surface area contributed by atoms with Gasteiger partial charge in [0.1, 0.15) is 0 Å². The van der Waals surface area contributed by atoms with Crippen LogP contribution in [0.1, 0.15) is 6.04 Å². The highest BCUT2D eigenvalue weighted by atomic mass is 19.3. The van der Waals surface area contributed by atoms with E-state index >= 15 is 0 Å². The molecule has 1 aromatic carbocycles. The Morgan fingerprint density at radius 1 is 1.26 bits per heavy atom. The molecular formula is C19H20F2N6O4. The number of carbonyl (C=O) groups is 1. The van der Waals surface area contributed by atoms with Crippen molar-refractivity contribution in [3.8, 4) is 11.5 Å². The number of fused-ring (bicyclic) bond motifs is 1. The Bertz CT molecular complexity index is 1110. The minimum atomic E-state index is -3.15. The molecule has 2 aliphatic rings. The van der Waals surface area contributed by atoms with Gasteiger partial charge in [0.2, 0.25) is 0 Å². The van der Waals surface area contributed by atoms with Gasteiger partial charge in [-0.25, -0.2) is 13.6 Å². The largest absolute Gasteiger partial charge is 0.453 e. The van der Waals surface area contributed by atoms with Crippen molar-refractivity contribution in [2.24, 2.45) is 0 Å². The maximum atomic E-state index is 14.4. The van der Waals surface area contributed by atoms with Crippen molar-refractivity contribution in [3.05, 3.63) is 24.4 Å². The molecule has 0 radical (unpaired) electrons. The Hall–Kier alpha value is -3.28. The molecule has 1 amide bonds. The molecule has 0 atom stereocenters. The highest BCUT2D eigenvalue weighted by Gasteiger charge is 2.40. The summed E-state index contributed by atoms with van der Waals surface area (Å²) in [6.07, 6.45) is 0.986. The Morgan fingerprint density at radius 2 is 2.10 bits per heavy atom. The zero-order chi connectivity index (χ0) is 21.6. The van der Waals surface area contributed by atoms with E-state index in [0.29, 0.717) is 18.8 Å². The number of halogens is 2. The standard InChI is InChI=1S/C19H20F2N6O4/c1-29-18(28)26-5-4-25(10-19(20,21)11-26)17-23-16(31-24-17)12-2-3-13-7-22-27(15(13)6-12)14-8-30-9-14/h2-3,6-7,14H,4-5,8-11H2,1H3. The molecule has 0 saturated carbocycles. The van der Waals surface area contributed by atoms with E-state index in [4.69, 9.17) is 9.26 Å². The van der Waals surface area contributed by atoms with E-state index in [2.05, 4.69) is 20.0 Å². The van der Waals surface area contributed by atoms with Crippen LogP contribution in [0.3, 0.4) is 0 Å². The smallest absolute Gasteiger partial charge is 0.409 e. The molecule has 0 bridgehead atoms. The second-order valence-electron chi connectivity index (χ2n) is 7.62. The van der Waals surface area contributed by atoms with Gasteiger partial charge in [-0.15, -0.1) is 0 Å². The van der Waals surface area contributed by atoms with Crippen LogP contribution in [0, 0.1) is 0 Å². The molecule has 5 rings (SSSR count). The first kappa shape index (κ1) is 19.7. The molecular weight excluding hydrogens is 414 g/mol. The summed E-state index contributed by atoms with van der Waals surface area (Å²) in [6, 6.07) is 5.78.